The zero-order valence-corrected chi connectivity index (χ0v) is 17.2. The number of benzene rings is 2. The van der Waals surface area contributed by atoms with Crippen LogP contribution >= 0.6 is 11.6 Å². The standard InChI is InChI=1S/C22H19ClFN5O/c1-29(2)9-3-4-21(30)27-15-6-8-20-17(10-15)22(14(12-25)13-26-20)28-16-5-7-19(24)18(23)11-16/h3-8,10-11,13H,9H2,1-2H3,(H,26,28)(H,27,30)/b4-3-. The van der Waals surface area contributed by atoms with Crippen molar-refractivity contribution in [2.24, 2.45) is 0 Å². The quantitative estimate of drug-likeness (QED) is 0.562. The van der Waals surface area contributed by atoms with Gasteiger partial charge in [0, 0.05) is 35.6 Å². The maximum atomic E-state index is 13.5. The molecule has 0 spiro atoms. The Labute approximate surface area is 178 Å². The Bertz CT molecular complexity index is 1170. The van der Waals surface area contributed by atoms with Crippen molar-refractivity contribution >= 4 is 45.5 Å². The van der Waals surface area contributed by atoms with Gasteiger partial charge in [0.1, 0.15) is 11.9 Å². The lowest BCUT2D eigenvalue weighted by Crippen LogP contribution is -2.12. The molecule has 0 aliphatic rings. The first-order valence-electron chi connectivity index (χ1n) is 9.04. The van der Waals surface area contributed by atoms with Gasteiger partial charge >= 0.3 is 0 Å². The lowest BCUT2D eigenvalue weighted by molar-refractivity contribution is -0.111. The van der Waals surface area contributed by atoms with Gasteiger partial charge in [-0.15, -0.1) is 0 Å². The van der Waals surface area contributed by atoms with Crippen LogP contribution in [0.25, 0.3) is 10.9 Å². The highest BCUT2D eigenvalue weighted by atomic mass is 35.5. The van der Waals surface area contributed by atoms with Crippen molar-refractivity contribution in [3.05, 3.63) is 71.2 Å². The molecular formula is C22H19ClFN5O. The molecule has 0 saturated heterocycles. The third-order valence-corrected chi connectivity index (χ3v) is 4.47. The van der Waals surface area contributed by atoms with Crippen molar-refractivity contribution in [1.29, 1.82) is 5.26 Å². The van der Waals surface area contributed by atoms with Crippen LogP contribution in [0.15, 0.2) is 54.7 Å². The number of nitrogens with zero attached hydrogens (tertiary/aromatic N) is 3. The van der Waals surface area contributed by atoms with Gasteiger partial charge in [-0.2, -0.15) is 5.26 Å². The van der Waals surface area contributed by atoms with Crippen LogP contribution < -0.4 is 10.6 Å². The summed E-state index contributed by atoms with van der Waals surface area (Å²) >= 11 is 5.87. The van der Waals surface area contributed by atoms with E-state index in [1.165, 1.54) is 30.5 Å². The van der Waals surface area contributed by atoms with Gasteiger partial charge in [-0.1, -0.05) is 17.7 Å². The SMILES string of the molecule is CN(C)C/C=C\C(=O)Nc1ccc2ncc(C#N)c(Nc3ccc(F)c(Cl)c3)c2c1. The van der Waals surface area contributed by atoms with Crippen molar-refractivity contribution in [1.82, 2.24) is 9.88 Å². The molecule has 1 aromatic heterocycles. The van der Waals surface area contributed by atoms with Gasteiger partial charge in [-0.3, -0.25) is 9.78 Å². The Hall–Kier alpha value is -3.47. The molecule has 0 unspecified atom stereocenters. The number of amides is 1. The fraction of sp³-hybridized carbons (Fsp3) is 0.136. The summed E-state index contributed by atoms with van der Waals surface area (Å²) in [6.07, 6.45) is 4.68. The van der Waals surface area contributed by atoms with Gasteiger partial charge < -0.3 is 15.5 Å². The molecule has 1 amide bonds. The molecule has 0 aliphatic carbocycles. The molecule has 30 heavy (non-hydrogen) atoms. The molecule has 2 aromatic carbocycles. The Morgan fingerprint density at radius 3 is 2.73 bits per heavy atom. The lowest BCUT2D eigenvalue weighted by atomic mass is 10.1. The second-order valence-electron chi connectivity index (χ2n) is 6.80. The van der Waals surface area contributed by atoms with Crippen LogP contribution in [-0.2, 0) is 4.79 Å². The van der Waals surface area contributed by atoms with E-state index in [1.54, 1.807) is 24.3 Å². The van der Waals surface area contributed by atoms with E-state index < -0.39 is 5.82 Å². The molecule has 0 fully saturated rings. The summed E-state index contributed by atoms with van der Waals surface area (Å²) in [5.41, 5.74) is 2.50. The van der Waals surface area contributed by atoms with Crippen molar-refractivity contribution < 1.29 is 9.18 Å². The van der Waals surface area contributed by atoms with Gasteiger partial charge in [-0.05, 0) is 50.5 Å². The van der Waals surface area contributed by atoms with E-state index in [-0.39, 0.29) is 10.9 Å². The molecule has 1 heterocycles. The van der Waals surface area contributed by atoms with Crippen LogP contribution in [-0.4, -0.2) is 36.4 Å². The van der Waals surface area contributed by atoms with Crippen LogP contribution in [0.4, 0.5) is 21.5 Å². The molecule has 0 radical (unpaired) electrons. The summed E-state index contributed by atoms with van der Waals surface area (Å²) in [5, 5.41) is 16.0. The number of hydrogen-bond acceptors (Lipinski definition) is 5. The highest BCUT2D eigenvalue weighted by molar-refractivity contribution is 6.31. The Morgan fingerprint density at radius 2 is 2.03 bits per heavy atom. The molecule has 3 aromatic rings. The minimum atomic E-state index is -0.533. The largest absolute Gasteiger partial charge is 0.354 e. The number of aromatic nitrogens is 1. The van der Waals surface area contributed by atoms with Gasteiger partial charge in [0.25, 0.3) is 0 Å². The summed E-state index contributed by atoms with van der Waals surface area (Å²) in [4.78, 5) is 18.4. The van der Waals surface area contributed by atoms with Gasteiger partial charge in [0.2, 0.25) is 5.91 Å². The molecule has 0 saturated carbocycles. The highest BCUT2D eigenvalue weighted by Crippen LogP contribution is 2.32. The predicted octanol–water partition coefficient (Wildman–Crippen LogP) is 4.70. The minimum absolute atomic E-state index is 0.0330. The summed E-state index contributed by atoms with van der Waals surface area (Å²) in [5.74, 6) is -0.796. The number of rotatable bonds is 6. The summed E-state index contributed by atoms with van der Waals surface area (Å²) in [6, 6.07) is 11.5. The number of carbonyl (C=O) groups is 1. The average Bonchev–Trinajstić information content (AvgIpc) is 2.70. The van der Waals surface area contributed by atoms with E-state index in [0.717, 1.165) is 0 Å². The number of nitriles is 1. The third kappa shape index (κ3) is 5.11. The number of anilines is 3. The number of halogens is 2. The number of nitrogens with one attached hydrogen (secondary N) is 2. The second kappa shape index (κ2) is 9.35. The topological polar surface area (TPSA) is 81.1 Å². The van der Waals surface area contributed by atoms with Crippen LogP contribution in [0.2, 0.25) is 5.02 Å². The van der Waals surface area contributed by atoms with Crippen molar-refractivity contribution in [2.45, 2.75) is 0 Å². The number of carbonyl (C=O) groups excluding carboxylic acids is 1. The molecular weight excluding hydrogens is 405 g/mol. The molecule has 6 nitrogen and oxygen atoms in total. The average molecular weight is 424 g/mol. The monoisotopic (exact) mass is 423 g/mol. The first kappa shape index (κ1) is 21.2. The first-order chi connectivity index (χ1) is 14.4. The van der Waals surface area contributed by atoms with E-state index in [9.17, 15) is 14.4 Å². The van der Waals surface area contributed by atoms with E-state index in [4.69, 9.17) is 11.6 Å². The van der Waals surface area contributed by atoms with Crippen molar-refractivity contribution in [3.8, 4) is 6.07 Å². The number of hydrogen-bond donors (Lipinski definition) is 2. The maximum Gasteiger partial charge on any atom is 0.248 e. The Morgan fingerprint density at radius 1 is 1.27 bits per heavy atom. The van der Waals surface area contributed by atoms with Crippen LogP contribution in [0.5, 0.6) is 0 Å². The number of pyridine rings is 1. The zero-order valence-electron chi connectivity index (χ0n) is 16.4. The smallest absolute Gasteiger partial charge is 0.248 e. The van der Waals surface area contributed by atoms with Gasteiger partial charge in [-0.25, -0.2) is 4.39 Å². The lowest BCUT2D eigenvalue weighted by Gasteiger charge is -2.13. The van der Waals surface area contributed by atoms with Crippen LogP contribution in [0.1, 0.15) is 5.56 Å². The Balaban J connectivity index is 1.95. The third-order valence-electron chi connectivity index (χ3n) is 4.18. The fourth-order valence-corrected chi connectivity index (χ4v) is 2.94. The molecule has 0 bridgehead atoms. The molecule has 8 heteroatoms. The summed E-state index contributed by atoms with van der Waals surface area (Å²) in [6.45, 7) is 0.648. The van der Waals surface area contributed by atoms with Crippen LogP contribution in [0.3, 0.4) is 0 Å². The normalized spacial score (nSPS) is 11.1. The number of likely N-dealkylation sites (N-methyl/N-ethyl adjacent to an activating group) is 1. The molecule has 3 rings (SSSR count). The van der Waals surface area contributed by atoms with Crippen molar-refractivity contribution in [2.75, 3.05) is 31.3 Å². The molecule has 0 aliphatic heterocycles. The predicted molar refractivity (Wildman–Crippen MR) is 117 cm³/mol. The summed E-state index contributed by atoms with van der Waals surface area (Å²) < 4.78 is 13.5. The zero-order chi connectivity index (χ0) is 21.7. The van der Waals surface area contributed by atoms with E-state index >= 15 is 0 Å². The van der Waals surface area contributed by atoms with E-state index in [1.807, 2.05) is 19.0 Å². The molecule has 0 atom stereocenters. The first-order valence-corrected chi connectivity index (χ1v) is 9.42. The van der Waals surface area contributed by atoms with E-state index in [2.05, 4.69) is 21.7 Å². The second-order valence-corrected chi connectivity index (χ2v) is 7.21. The maximum absolute atomic E-state index is 13.5. The highest BCUT2D eigenvalue weighted by Gasteiger charge is 2.12. The van der Waals surface area contributed by atoms with E-state index in [0.29, 0.717) is 40.1 Å². The minimum Gasteiger partial charge on any atom is -0.354 e. The summed E-state index contributed by atoms with van der Waals surface area (Å²) in [7, 11) is 3.82. The Kier molecular flexibility index (Phi) is 6.62. The number of fused-ring (bicyclic) bond motifs is 1. The van der Waals surface area contributed by atoms with Crippen molar-refractivity contribution in [3.63, 3.8) is 0 Å². The van der Waals surface area contributed by atoms with Gasteiger partial charge in [0.05, 0.1) is 21.8 Å². The fourth-order valence-electron chi connectivity index (χ4n) is 2.76. The molecule has 152 valence electrons. The molecule has 2 N–H and O–H groups in total. The van der Waals surface area contributed by atoms with Crippen LogP contribution in [0, 0.1) is 17.1 Å². The van der Waals surface area contributed by atoms with Gasteiger partial charge in [0.15, 0.2) is 0 Å².